The van der Waals surface area contributed by atoms with E-state index in [-0.39, 0.29) is 39.1 Å². The fourth-order valence-corrected chi connectivity index (χ4v) is 4.70. The largest absolute Gasteiger partial charge is 2.00 e. The number of hydrogen-bond acceptors (Lipinski definition) is 8. The summed E-state index contributed by atoms with van der Waals surface area (Å²) in [7, 11) is 0. The first-order valence-corrected chi connectivity index (χ1v) is 15.5. The molecule has 0 aliphatic heterocycles. The van der Waals surface area contributed by atoms with Crippen LogP contribution >= 0.6 is 0 Å². The molecule has 9 heteroatoms. The second kappa shape index (κ2) is 19.6. The number of para-hydroxylation sites is 2. The standard InChI is InChI=1S/C34H44N2O2.2C2H4O2.Co/c1-9-25-15-23(19-33(3,4)5)17-27(31(25)37)21-35-29-13-11-12-14-30(29)36-22-28-18-24(20-34(6,7)8)16-26(10-2)32(28)38;2*1-2(3)4;/h11-18,21-22,37-38H,9-10,19-20H2,1-8H3;2*1H3,(H,3,4);/q;;;+2/p-2. The molecule has 0 amide bonds. The van der Waals surface area contributed by atoms with E-state index in [1.807, 2.05) is 36.4 Å². The Morgan fingerprint density at radius 1 is 0.681 bits per heavy atom. The van der Waals surface area contributed by atoms with Crippen LogP contribution in [0.15, 0.2) is 58.5 Å². The Bertz CT molecular complexity index is 1410. The van der Waals surface area contributed by atoms with Crippen LogP contribution in [0.3, 0.4) is 0 Å². The van der Waals surface area contributed by atoms with Gasteiger partial charge in [-0.1, -0.05) is 79.7 Å². The quantitative estimate of drug-likeness (QED) is 0.262. The van der Waals surface area contributed by atoms with Crippen molar-refractivity contribution >= 4 is 35.7 Å². The van der Waals surface area contributed by atoms with Crippen LogP contribution < -0.4 is 10.2 Å². The van der Waals surface area contributed by atoms with E-state index < -0.39 is 11.9 Å². The van der Waals surface area contributed by atoms with Gasteiger partial charge in [0.25, 0.3) is 0 Å². The van der Waals surface area contributed by atoms with E-state index in [1.54, 1.807) is 12.4 Å². The maximum absolute atomic E-state index is 10.8. The summed E-state index contributed by atoms with van der Waals surface area (Å²) in [6.45, 7) is 19.3. The van der Waals surface area contributed by atoms with Gasteiger partial charge in [-0.2, -0.15) is 0 Å². The number of aliphatic carboxylic acids is 2. The Hall–Kier alpha value is -3.95. The van der Waals surface area contributed by atoms with Crippen LogP contribution in [0, 0.1) is 10.8 Å². The Kier molecular flexibility index (Phi) is 18.0. The van der Waals surface area contributed by atoms with E-state index >= 15 is 0 Å². The van der Waals surface area contributed by atoms with Crippen molar-refractivity contribution in [3.05, 3.63) is 81.9 Å². The zero-order valence-electron chi connectivity index (χ0n) is 29.4. The summed E-state index contributed by atoms with van der Waals surface area (Å²) in [5, 5.41) is 39.5. The van der Waals surface area contributed by atoms with Gasteiger partial charge in [-0.3, -0.25) is 9.98 Å². The summed E-state index contributed by atoms with van der Waals surface area (Å²) in [6, 6.07) is 15.9. The predicted molar refractivity (Wildman–Crippen MR) is 184 cm³/mol. The zero-order valence-corrected chi connectivity index (χ0v) is 30.4. The third kappa shape index (κ3) is 17.0. The van der Waals surface area contributed by atoms with Crippen LogP contribution in [0.4, 0.5) is 11.4 Å². The number of rotatable bonds is 8. The van der Waals surface area contributed by atoms with E-state index in [0.29, 0.717) is 22.5 Å². The molecule has 0 atom stereocenters. The van der Waals surface area contributed by atoms with Crippen molar-refractivity contribution in [3.8, 4) is 11.5 Å². The molecule has 0 saturated carbocycles. The summed E-state index contributed by atoms with van der Waals surface area (Å²) in [6.07, 6.45) is 6.79. The van der Waals surface area contributed by atoms with E-state index in [2.05, 4.69) is 67.5 Å². The number of carboxylic acid groups (broad SMARTS) is 2. The van der Waals surface area contributed by atoms with Crippen molar-refractivity contribution in [1.82, 2.24) is 0 Å². The van der Waals surface area contributed by atoms with Crippen molar-refractivity contribution < 1.29 is 46.8 Å². The molecule has 0 aliphatic rings. The van der Waals surface area contributed by atoms with Crippen molar-refractivity contribution in [1.29, 1.82) is 0 Å². The van der Waals surface area contributed by atoms with E-state index in [1.165, 1.54) is 11.1 Å². The molecular weight excluding hydrogens is 639 g/mol. The molecule has 3 aromatic rings. The summed E-state index contributed by atoms with van der Waals surface area (Å²) >= 11 is 0. The molecular formula is C38H50CoN2O6. The minimum Gasteiger partial charge on any atom is -0.550 e. The number of phenolic OH excluding ortho intramolecular Hbond substituents is 2. The summed E-state index contributed by atoms with van der Waals surface area (Å²) in [5.74, 6) is -1.61. The van der Waals surface area contributed by atoms with Crippen molar-refractivity contribution in [3.63, 3.8) is 0 Å². The second-order valence-electron chi connectivity index (χ2n) is 13.6. The Morgan fingerprint density at radius 3 is 1.23 bits per heavy atom. The first kappa shape index (κ1) is 43.0. The number of carboxylic acids is 2. The van der Waals surface area contributed by atoms with Gasteiger partial charge in [0.1, 0.15) is 11.5 Å². The minimum atomic E-state index is -1.08. The number of aliphatic imine (C=N–C) groups is 2. The van der Waals surface area contributed by atoms with Gasteiger partial charge in [-0.05, 0) is 96.9 Å². The molecule has 0 bridgehead atoms. The van der Waals surface area contributed by atoms with Gasteiger partial charge < -0.3 is 30.0 Å². The molecule has 8 nitrogen and oxygen atoms in total. The average molecular weight is 690 g/mol. The smallest absolute Gasteiger partial charge is 0.550 e. The number of carbonyl (C=O) groups is 2. The molecule has 2 N–H and O–H groups in total. The second-order valence-corrected chi connectivity index (χ2v) is 13.6. The van der Waals surface area contributed by atoms with Gasteiger partial charge in [-0.15, -0.1) is 0 Å². The number of nitrogens with zero attached hydrogens (tertiary/aromatic N) is 2. The average Bonchev–Trinajstić information content (AvgIpc) is 2.91. The first-order valence-electron chi connectivity index (χ1n) is 15.5. The van der Waals surface area contributed by atoms with Gasteiger partial charge in [-0.25, -0.2) is 0 Å². The molecule has 0 heterocycles. The number of hydrogen-bond donors (Lipinski definition) is 2. The van der Waals surface area contributed by atoms with Gasteiger partial charge in [0.05, 0.1) is 11.4 Å². The summed E-state index contributed by atoms with van der Waals surface area (Å²) in [4.78, 5) is 27.2. The van der Waals surface area contributed by atoms with Crippen LogP contribution in [-0.4, -0.2) is 34.6 Å². The van der Waals surface area contributed by atoms with Crippen molar-refractivity contribution in [2.75, 3.05) is 0 Å². The molecule has 3 aromatic carbocycles. The summed E-state index contributed by atoms with van der Waals surface area (Å²) < 4.78 is 0. The fraction of sp³-hybridized carbons (Fsp3) is 0.421. The topological polar surface area (TPSA) is 145 Å². The van der Waals surface area contributed by atoms with Crippen LogP contribution in [0.1, 0.15) is 103 Å². The maximum Gasteiger partial charge on any atom is 2.00 e. The predicted octanol–water partition coefficient (Wildman–Crippen LogP) is 6.41. The molecule has 0 saturated heterocycles. The maximum atomic E-state index is 10.8. The minimum absolute atomic E-state index is 0. The molecule has 47 heavy (non-hydrogen) atoms. The molecule has 0 aliphatic carbocycles. The molecule has 257 valence electrons. The normalized spacial score (nSPS) is 11.3. The third-order valence-corrected chi connectivity index (χ3v) is 6.35. The first-order chi connectivity index (χ1) is 21.3. The molecule has 3 rings (SSSR count). The van der Waals surface area contributed by atoms with Crippen LogP contribution in [-0.2, 0) is 52.1 Å². The molecule has 0 fully saturated rings. The number of carbonyl (C=O) groups excluding carboxylic acids is 2. The van der Waals surface area contributed by atoms with Crippen LogP contribution in [0.5, 0.6) is 11.5 Å². The van der Waals surface area contributed by atoms with Gasteiger partial charge in [0, 0.05) is 35.5 Å². The van der Waals surface area contributed by atoms with Crippen molar-refractivity contribution in [2.45, 2.75) is 94.9 Å². The SMILES string of the molecule is CC(=O)[O-].CC(=O)[O-].CCc1cc(CC(C)(C)C)cc(C=Nc2ccccc2N=Cc2cc(CC(C)(C)C)cc(CC)c2O)c1O.[Co+2]. The van der Waals surface area contributed by atoms with Gasteiger partial charge in [0.2, 0.25) is 0 Å². The van der Waals surface area contributed by atoms with Gasteiger partial charge >= 0.3 is 16.8 Å². The van der Waals surface area contributed by atoms with E-state index in [9.17, 15) is 10.2 Å². The van der Waals surface area contributed by atoms with Crippen LogP contribution in [0.25, 0.3) is 0 Å². The molecule has 0 aromatic heterocycles. The Morgan fingerprint density at radius 2 is 0.979 bits per heavy atom. The molecule has 0 spiro atoms. The van der Waals surface area contributed by atoms with Gasteiger partial charge in [0.15, 0.2) is 0 Å². The van der Waals surface area contributed by atoms with Crippen LogP contribution in [0.2, 0.25) is 0 Å². The van der Waals surface area contributed by atoms with E-state index in [0.717, 1.165) is 50.7 Å². The van der Waals surface area contributed by atoms with Crippen molar-refractivity contribution in [2.24, 2.45) is 20.8 Å². The number of benzene rings is 3. The molecule has 1 radical (unpaired) electrons. The molecule has 0 unspecified atom stereocenters. The van der Waals surface area contributed by atoms with E-state index in [4.69, 9.17) is 29.8 Å². The number of aryl methyl sites for hydroxylation is 2. The summed E-state index contributed by atoms with van der Waals surface area (Å²) in [5.41, 5.74) is 7.34. The monoisotopic (exact) mass is 689 g/mol. The fourth-order valence-electron chi connectivity index (χ4n) is 4.70. The number of aromatic hydroxyl groups is 2. The number of phenols is 2. The Balaban J connectivity index is 0.00000211. The Labute approximate surface area is 290 Å². The zero-order chi connectivity index (χ0) is 35.2. The third-order valence-electron chi connectivity index (χ3n) is 6.35.